The number of thioether (sulfide) groups is 1. The fourth-order valence-corrected chi connectivity index (χ4v) is 3.33. The summed E-state index contributed by atoms with van der Waals surface area (Å²) in [5, 5.41) is 23.0. The number of nitrogens with one attached hydrogen (secondary N) is 1. The third kappa shape index (κ3) is 4.07. The number of carbonyl (C=O) groups excluding carboxylic acids is 1. The van der Waals surface area contributed by atoms with Gasteiger partial charge in [-0.25, -0.2) is 5.01 Å². The van der Waals surface area contributed by atoms with Gasteiger partial charge in [-0.15, -0.1) is 0 Å². The van der Waals surface area contributed by atoms with E-state index in [4.69, 9.17) is 16.6 Å². The number of nitro groups is 2. The number of hydrazine groups is 1. The third-order valence-electron chi connectivity index (χ3n) is 3.47. The van der Waals surface area contributed by atoms with Crippen LogP contribution in [0.4, 0.5) is 17.1 Å². The Kier molecular flexibility index (Phi) is 5.52. The summed E-state index contributed by atoms with van der Waals surface area (Å²) in [4.78, 5) is 33.3. The van der Waals surface area contributed by atoms with Crippen LogP contribution in [-0.4, -0.2) is 25.1 Å². The van der Waals surface area contributed by atoms with E-state index in [2.05, 4.69) is 5.43 Å². The first-order chi connectivity index (χ1) is 13.4. The van der Waals surface area contributed by atoms with E-state index in [1.165, 1.54) is 12.3 Å². The van der Waals surface area contributed by atoms with Crippen LogP contribution >= 0.6 is 24.0 Å². The quantitative estimate of drug-likeness (QED) is 0.321. The maximum absolute atomic E-state index is 12.5. The minimum Gasteiger partial charge on any atom is -0.465 e. The number of benzene rings is 1. The summed E-state index contributed by atoms with van der Waals surface area (Å²) in [6.45, 7) is 0. The molecule has 0 unspecified atom stereocenters. The Morgan fingerprint density at radius 2 is 2.00 bits per heavy atom. The summed E-state index contributed by atoms with van der Waals surface area (Å²) in [7, 11) is 0. The minimum atomic E-state index is -0.783. The Morgan fingerprint density at radius 1 is 1.21 bits per heavy atom. The summed E-state index contributed by atoms with van der Waals surface area (Å²) >= 11 is 6.15. The number of furan rings is 1. The topological polar surface area (TPSA) is 132 Å². The SMILES string of the molecule is O=C1/C(=C\C=C\c2ccco2)SC(=S)N1Nc1ccc([N+](=O)[O-])cc1[N+](=O)[O-]. The molecular weight excluding hydrogens is 408 g/mol. The van der Waals surface area contributed by atoms with Crippen LogP contribution in [0.15, 0.2) is 58.1 Å². The van der Waals surface area contributed by atoms with Gasteiger partial charge in [0.2, 0.25) is 0 Å². The second-order valence-corrected chi connectivity index (χ2v) is 6.92. The van der Waals surface area contributed by atoms with Crippen molar-refractivity contribution in [2.45, 2.75) is 0 Å². The van der Waals surface area contributed by atoms with Gasteiger partial charge in [0.1, 0.15) is 11.4 Å². The molecule has 1 N–H and O–H groups in total. The highest BCUT2D eigenvalue weighted by Gasteiger charge is 2.33. The van der Waals surface area contributed by atoms with Crippen molar-refractivity contribution in [1.29, 1.82) is 0 Å². The number of nitrogens with zero attached hydrogens (tertiary/aromatic N) is 3. The van der Waals surface area contributed by atoms with Gasteiger partial charge in [0.25, 0.3) is 11.6 Å². The largest absolute Gasteiger partial charge is 0.465 e. The number of thiocarbonyl (C=S) groups is 1. The normalized spacial score (nSPS) is 15.6. The first-order valence-corrected chi connectivity index (χ1v) is 8.77. The molecule has 0 bridgehead atoms. The zero-order valence-corrected chi connectivity index (χ0v) is 15.4. The van der Waals surface area contributed by atoms with Crippen LogP contribution in [0.25, 0.3) is 6.08 Å². The van der Waals surface area contributed by atoms with E-state index in [0.29, 0.717) is 10.7 Å². The van der Waals surface area contributed by atoms with E-state index in [9.17, 15) is 25.0 Å². The van der Waals surface area contributed by atoms with Crippen LogP contribution in [0.5, 0.6) is 0 Å². The number of rotatable bonds is 6. The average molecular weight is 418 g/mol. The molecule has 1 aromatic heterocycles. The van der Waals surface area contributed by atoms with Crippen molar-refractivity contribution in [3.63, 3.8) is 0 Å². The number of allylic oxidation sites excluding steroid dienone is 2. The van der Waals surface area contributed by atoms with Gasteiger partial charge in [0.05, 0.1) is 27.1 Å². The van der Waals surface area contributed by atoms with Gasteiger partial charge < -0.3 is 4.42 Å². The molecule has 1 amide bonds. The Bertz CT molecular complexity index is 1030. The molecule has 10 nitrogen and oxygen atoms in total. The lowest BCUT2D eigenvalue weighted by Gasteiger charge is -2.16. The lowest BCUT2D eigenvalue weighted by atomic mass is 10.2. The molecule has 3 rings (SSSR count). The molecule has 0 spiro atoms. The van der Waals surface area contributed by atoms with E-state index in [1.807, 2.05) is 0 Å². The average Bonchev–Trinajstić information content (AvgIpc) is 3.26. The molecule has 1 saturated heterocycles. The lowest BCUT2D eigenvalue weighted by molar-refractivity contribution is -0.393. The van der Waals surface area contributed by atoms with Crippen molar-refractivity contribution in [1.82, 2.24) is 5.01 Å². The van der Waals surface area contributed by atoms with Crippen LogP contribution in [0, 0.1) is 20.2 Å². The van der Waals surface area contributed by atoms with Gasteiger partial charge in [-0.1, -0.05) is 17.8 Å². The van der Waals surface area contributed by atoms with Gasteiger partial charge in [0, 0.05) is 6.07 Å². The summed E-state index contributed by atoms with van der Waals surface area (Å²) in [5.41, 5.74) is 1.48. The van der Waals surface area contributed by atoms with Crippen molar-refractivity contribution < 1.29 is 19.1 Å². The van der Waals surface area contributed by atoms with Crippen molar-refractivity contribution >= 4 is 57.3 Å². The molecule has 1 aliphatic rings. The number of non-ortho nitro benzene ring substituents is 1. The van der Waals surface area contributed by atoms with Gasteiger partial charge in [0.15, 0.2) is 4.32 Å². The standard InChI is InChI=1S/C16H10N4O6S2/c21-15-14(5-1-3-11-4-2-8-26-11)28-16(27)18(15)17-12-7-6-10(19(22)23)9-13(12)20(24)25/h1-9,17H/b3-1+,14-5+. The highest BCUT2D eigenvalue weighted by molar-refractivity contribution is 8.26. The smallest absolute Gasteiger partial charge is 0.300 e. The predicted octanol–water partition coefficient (Wildman–Crippen LogP) is 3.88. The van der Waals surface area contributed by atoms with Crippen LogP contribution in [0.2, 0.25) is 0 Å². The Balaban J connectivity index is 1.81. The third-order valence-corrected chi connectivity index (χ3v) is 4.79. The second-order valence-electron chi connectivity index (χ2n) is 5.24. The molecule has 142 valence electrons. The number of hydrogen-bond donors (Lipinski definition) is 1. The van der Waals surface area contributed by atoms with Gasteiger partial charge in [-0.05, 0) is 42.6 Å². The fourth-order valence-electron chi connectivity index (χ4n) is 2.19. The van der Waals surface area contributed by atoms with E-state index in [1.54, 1.807) is 24.3 Å². The molecule has 2 heterocycles. The van der Waals surface area contributed by atoms with Crippen LogP contribution < -0.4 is 5.43 Å². The Labute approximate surface area is 166 Å². The maximum atomic E-state index is 12.5. The molecule has 28 heavy (non-hydrogen) atoms. The molecule has 1 aliphatic heterocycles. The summed E-state index contributed by atoms with van der Waals surface area (Å²) in [5.74, 6) is 0.0955. The molecule has 0 radical (unpaired) electrons. The van der Waals surface area contributed by atoms with Crippen molar-refractivity contribution in [2.75, 3.05) is 5.43 Å². The Hall–Kier alpha value is -3.51. The summed E-state index contributed by atoms with van der Waals surface area (Å²) < 4.78 is 5.27. The number of carbonyl (C=O) groups is 1. The van der Waals surface area contributed by atoms with Crippen LogP contribution in [0.1, 0.15) is 5.76 Å². The fraction of sp³-hybridized carbons (Fsp3) is 0. The van der Waals surface area contributed by atoms with E-state index < -0.39 is 27.1 Å². The molecule has 12 heteroatoms. The molecule has 0 saturated carbocycles. The number of nitro benzene ring substituents is 2. The minimum absolute atomic E-state index is 0.0979. The molecule has 0 atom stereocenters. The zero-order valence-electron chi connectivity index (χ0n) is 13.8. The van der Waals surface area contributed by atoms with Crippen LogP contribution in [0.3, 0.4) is 0 Å². The van der Waals surface area contributed by atoms with Crippen molar-refractivity contribution in [3.05, 3.63) is 79.6 Å². The molecule has 2 aromatic rings. The maximum Gasteiger partial charge on any atom is 0.300 e. The number of hydrogen-bond acceptors (Lipinski definition) is 9. The molecule has 0 aliphatic carbocycles. The van der Waals surface area contributed by atoms with Crippen molar-refractivity contribution in [3.8, 4) is 0 Å². The number of anilines is 1. The van der Waals surface area contributed by atoms with Crippen LogP contribution in [-0.2, 0) is 4.79 Å². The zero-order chi connectivity index (χ0) is 20.3. The van der Waals surface area contributed by atoms with Gasteiger partial charge >= 0.3 is 5.69 Å². The van der Waals surface area contributed by atoms with E-state index in [-0.39, 0.29) is 10.0 Å². The summed E-state index contributed by atoms with van der Waals surface area (Å²) in [6, 6.07) is 6.51. The summed E-state index contributed by atoms with van der Waals surface area (Å²) in [6.07, 6.45) is 6.31. The first-order valence-electron chi connectivity index (χ1n) is 7.54. The van der Waals surface area contributed by atoms with Gasteiger partial charge in [-0.3, -0.25) is 30.4 Å². The monoisotopic (exact) mass is 418 g/mol. The van der Waals surface area contributed by atoms with Crippen molar-refractivity contribution in [2.24, 2.45) is 0 Å². The highest BCUT2D eigenvalue weighted by Crippen LogP contribution is 2.34. The Morgan fingerprint density at radius 3 is 2.64 bits per heavy atom. The highest BCUT2D eigenvalue weighted by atomic mass is 32.2. The predicted molar refractivity (Wildman–Crippen MR) is 106 cm³/mol. The molecule has 1 fully saturated rings. The molecular formula is C16H10N4O6S2. The van der Waals surface area contributed by atoms with Gasteiger partial charge in [-0.2, -0.15) is 0 Å². The van der Waals surface area contributed by atoms with E-state index in [0.717, 1.165) is 35.0 Å². The number of amides is 1. The second kappa shape index (κ2) is 8.02. The first kappa shape index (κ1) is 19.3. The van der Waals surface area contributed by atoms with E-state index >= 15 is 0 Å². The molecule has 1 aromatic carbocycles. The lowest BCUT2D eigenvalue weighted by Crippen LogP contribution is -2.34.